The van der Waals surface area contributed by atoms with E-state index in [1.54, 1.807) is 6.07 Å². The van der Waals surface area contributed by atoms with Crippen molar-refractivity contribution < 1.29 is 9.13 Å². The molecule has 0 spiro atoms. The lowest BCUT2D eigenvalue weighted by atomic mass is 10.1. The van der Waals surface area contributed by atoms with Gasteiger partial charge < -0.3 is 10.5 Å². The first kappa shape index (κ1) is 14.5. The molecule has 0 fully saturated rings. The zero-order chi connectivity index (χ0) is 14.5. The Morgan fingerprint density at radius 3 is 2.50 bits per heavy atom. The molecule has 2 aromatic carbocycles. The number of aryl methyl sites for hydroxylation is 1. The average molecular weight is 273 g/mol. The standard InChI is InChI=1S/C17H20FNO/c1-3-17(19)13-5-8-16(9-6-13)20-11-14-10-15(18)7-4-12(14)2/h4-10,17H,3,11,19H2,1-2H3/t17-/m0/s1. The molecule has 0 saturated carbocycles. The van der Waals surface area contributed by atoms with Gasteiger partial charge in [-0.2, -0.15) is 0 Å². The van der Waals surface area contributed by atoms with Crippen molar-refractivity contribution in [2.75, 3.05) is 0 Å². The van der Waals surface area contributed by atoms with Gasteiger partial charge in [-0.3, -0.25) is 0 Å². The van der Waals surface area contributed by atoms with Crippen molar-refractivity contribution in [2.24, 2.45) is 5.73 Å². The Hall–Kier alpha value is -1.87. The normalized spacial score (nSPS) is 12.2. The third-order valence-electron chi connectivity index (χ3n) is 3.45. The van der Waals surface area contributed by atoms with Gasteiger partial charge in [-0.25, -0.2) is 4.39 Å². The van der Waals surface area contributed by atoms with Crippen LogP contribution in [-0.4, -0.2) is 0 Å². The van der Waals surface area contributed by atoms with E-state index < -0.39 is 0 Å². The van der Waals surface area contributed by atoms with Gasteiger partial charge in [0.2, 0.25) is 0 Å². The SMILES string of the molecule is CC[C@H](N)c1ccc(OCc2cc(F)ccc2C)cc1. The zero-order valence-corrected chi connectivity index (χ0v) is 11.9. The van der Waals surface area contributed by atoms with Crippen molar-refractivity contribution in [3.8, 4) is 5.75 Å². The molecule has 106 valence electrons. The van der Waals surface area contributed by atoms with Crippen LogP contribution in [0, 0.1) is 12.7 Å². The van der Waals surface area contributed by atoms with Gasteiger partial charge in [0.25, 0.3) is 0 Å². The molecule has 0 aliphatic rings. The molecule has 2 rings (SSSR count). The van der Waals surface area contributed by atoms with Crippen molar-refractivity contribution in [3.63, 3.8) is 0 Å². The molecule has 3 heteroatoms. The molecule has 20 heavy (non-hydrogen) atoms. The number of halogens is 1. The predicted octanol–water partition coefficient (Wildman–Crippen LogP) is 4.12. The van der Waals surface area contributed by atoms with Gasteiger partial charge in [-0.1, -0.05) is 25.1 Å². The Balaban J connectivity index is 2.02. The van der Waals surface area contributed by atoms with E-state index in [1.807, 2.05) is 31.2 Å². The van der Waals surface area contributed by atoms with Gasteiger partial charge in [0.15, 0.2) is 0 Å². The Morgan fingerprint density at radius 2 is 1.85 bits per heavy atom. The largest absolute Gasteiger partial charge is 0.489 e. The smallest absolute Gasteiger partial charge is 0.123 e. The van der Waals surface area contributed by atoms with Crippen LogP contribution in [0.15, 0.2) is 42.5 Å². The van der Waals surface area contributed by atoms with E-state index in [-0.39, 0.29) is 11.9 Å². The number of nitrogens with two attached hydrogens (primary N) is 1. The van der Waals surface area contributed by atoms with Crippen LogP contribution in [0.1, 0.15) is 36.1 Å². The van der Waals surface area contributed by atoms with Gasteiger partial charge in [-0.05, 0) is 54.3 Å². The fourth-order valence-corrected chi connectivity index (χ4v) is 2.00. The number of hydrogen-bond donors (Lipinski definition) is 1. The minimum Gasteiger partial charge on any atom is -0.489 e. The molecular formula is C17H20FNO. The third-order valence-corrected chi connectivity index (χ3v) is 3.45. The second-order valence-electron chi connectivity index (χ2n) is 4.94. The number of benzene rings is 2. The summed E-state index contributed by atoms with van der Waals surface area (Å²) in [5.41, 5.74) is 8.95. The maximum Gasteiger partial charge on any atom is 0.123 e. The van der Waals surface area contributed by atoms with E-state index in [0.717, 1.165) is 28.9 Å². The summed E-state index contributed by atoms with van der Waals surface area (Å²) in [5, 5.41) is 0. The molecule has 1 atom stereocenters. The van der Waals surface area contributed by atoms with E-state index in [1.165, 1.54) is 12.1 Å². The summed E-state index contributed by atoms with van der Waals surface area (Å²) in [6.07, 6.45) is 0.905. The molecule has 0 radical (unpaired) electrons. The lowest BCUT2D eigenvalue weighted by molar-refractivity contribution is 0.304. The molecule has 2 nitrogen and oxygen atoms in total. The number of ether oxygens (including phenoxy) is 1. The van der Waals surface area contributed by atoms with Crippen molar-refractivity contribution in [1.29, 1.82) is 0 Å². The van der Waals surface area contributed by atoms with Crippen molar-refractivity contribution in [1.82, 2.24) is 0 Å². The molecule has 0 aliphatic heterocycles. The first-order chi connectivity index (χ1) is 9.60. The van der Waals surface area contributed by atoms with Gasteiger partial charge in [0.1, 0.15) is 18.2 Å². The molecule has 0 aromatic heterocycles. The van der Waals surface area contributed by atoms with Crippen molar-refractivity contribution in [3.05, 3.63) is 65.0 Å². The topological polar surface area (TPSA) is 35.2 Å². The summed E-state index contributed by atoms with van der Waals surface area (Å²) < 4.78 is 18.9. The molecule has 2 aromatic rings. The molecule has 2 N–H and O–H groups in total. The monoisotopic (exact) mass is 273 g/mol. The summed E-state index contributed by atoms with van der Waals surface area (Å²) in [6.45, 7) is 4.37. The van der Waals surface area contributed by atoms with E-state index in [0.29, 0.717) is 6.61 Å². The highest BCUT2D eigenvalue weighted by molar-refractivity contribution is 5.30. The Kier molecular flexibility index (Phi) is 4.74. The minimum atomic E-state index is -0.238. The van der Waals surface area contributed by atoms with Gasteiger partial charge in [0.05, 0.1) is 0 Å². The van der Waals surface area contributed by atoms with Crippen LogP contribution in [0.25, 0.3) is 0 Å². The Morgan fingerprint density at radius 1 is 1.15 bits per heavy atom. The van der Waals surface area contributed by atoms with Crippen LogP contribution in [0.5, 0.6) is 5.75 Å². The fourth-order valence-electron chi connectivity index (χ4n) is 2.00. The summed E-state index contributed by atoms with van der Waals surface area (Å²) in [7, 11) is 0. The van der Waals surface area contributed by atoms with Crippen LogP contribution in [0.2, 0.25) is 0 Å². The van der Waals surface area contributed by atoms with Crippen LogP contribution in [0.3, 0.4) is 0 Å². The third kappa shape index (κ3) is 3.58. The molecule has 0 amide bonds. The number of rotatable bonds is 5. The van der Waals surface area contributed by atoms with Crippen molar-refractivity contribution in [2.45, 2.75) is 32.9 Å². The predicted molar refractivity (Wildman–Crippen MR) is 79.1 cm³/mol. The first-order valence-corrected chi connectivity index (χ1v) is 6.83. The van der Waals surface area contributed by atoms with E-state index in [4.69, 9.17) is 10.5 Å². The highest BCUT2D eigenvalue weighted by atomic mass is 19.1. The molecule has 0 aliphatic carbocycles. The van der Waals surface area contributed by atoms with E-state index in [2.05, 4.69) is 6.92 Å². The van der Waals surface area contributed by atoms with Crippen LogP contribution in [0.4, 0.5) is 4.39 Å². The maximum atomic E-state index is 13.2. The molecule has 0 bridgehead atoms. The molecule has 0 unspecified atom stereocenters. The summed E-state index contributed by atoms with van der Waals surface area (Å²) in [4.78, 5) is 0. The molecule has 0 saturated heterocycles. The lowest BCUT2D eigenvalue weighted by Crippen LogP contribution is -2.08. The van der Waals surface area contributed by atoms with E-state index >= 15 is 0 Å². The Bertz CT molecular complexity index is 566. The van der Waals surface area contributed by atoms with Gasteiger partial charge >= 0.3 is 0 Å². The van der Waals surface area contributed by atoms with Crippen LogP contribution in [-0.2, 0) is 6.61 Å². The quantitative estimate of drug-likeness (QED) is 0.889. The van der Waals surface area contributed by atoms with Crippen LogP contribution < -0.4 is 10.5 Å². The molecular weight excluding hydrogens is 253 g/mol. The van der Waals surface area contributed by atoms with Crippen LogP contribution >= 0.6 is 0 Å². The van der Waals surface area contributed by atoms with Gasteiger partial charge in [0, 0.05) is 6.04 Å². The highest BCUT2D eigenvalue weighted by Gasteiger charge is 2.04. The van der Waals surface area contributed by atoms with E-state index in [9.17, 15) is 4.39 Å². The summed E-state index contributed by atoms with van der Waals surface area (Å²) in [5.74, 6) is 0.527. The van der Waals surface area contributed by atoms with Crippen molar-refractivity contribution >= 4 is 0 Å². The minimum absolute atomic E-state index is 0.0644. The van der Waals surface area contributed by atoms with Gasteiger partial charge in [-0.15, -0.1) is 0 Å². The lowest BCUT2D eigenvalue weighted by Gasteiger charge is -2.12. The highest BCUT2D eigenvalue weighted by Crippen LogP contribution is 2.20. The summed E-state index contributed by atoms with van der Waals surface area (Å²) >= 11 is 0. The first-order valence-electron chi connectivity index (χ1n) is 6.83. The zero-order valence-electron chi connectivity index (χ0n) is 11.9. The second kappa shape index (κ2) is 6.53. The Labute approximate surface area is 119 Å². The summed E-state index contributed by atoms with van der Waals surface area (Å²) in [6, 6.07) is 12.5. The average Bonchev–Trinajstić information content (AvgIpc) is 2.48. The molecule has 0 heterocycles. The second-order valence-corrected chi connectivity index (χ2v) is 4.94. The number of hydrogen-bond acceptors (Lipinski definition) is 2. The fraction of sp³-hybridized carbons (Fsp3) is 0.294. The maximum absolute atomic E-state index is 13.2.